The Hall–Kier alpha value is -2.28. The van der Waals surface area contributed by atoms with Gasteiger partial charge in [-0.25, -0.2) is 4.98 Å². The normalized spacial score (nSPS) is 10.6. The van der Waals surface area contributed by atoms with Crippen LogP contribution < -0.4 is 15.6 Å². The second-order valence-corrected chi connectivity index (χ2v) is 7.01. The average Bonchev–Trinajstić information content (AvgIpc) is 2.58. The van der Waals surface area contributed by atoms with E-state index in [-0.39, 0.29) is 17.2 Å². The zero-order valence-corrected chi connectivity index (χ0v) is 16.2. The van der Waals surface area contributed by atoms with Crippen LogP contribution in [0.1, 0.15) is 30.2 Å². The van der Waals surface area contributed by atoms with Crippen LogP contribution in [0.5, 0.6) is 5.75 Å². The third-order valence-electron chi connectivity index (χ3n) is 3.63. The van der Waals surface area contributed by atoms with Crippen LogP contribution in [0.25, 0.3) is 0 Å². The van der Waals surface area contributed by atoms with Gasteiger partial charge < -0.3 is 15.0 Å². The number of aryl methyl sites for hydroxylation is 3. The maximum atomic E-state index is 11.9. The maximum absolute atomic E-state index is 11.9. The molecule has 0 saturated carbocycles. The summed E-state index contributed by atoms with van der Waals surface area (Å²) in [6.07, 6.45) is 1.67. The molecule has 0 fully saturated rings. The lowest BCUT2D eigenvalue weighted by Gasteiger charge is -2.10. The highest BCUT2D eigenvalue weighted by molar-refractivity contribution is 7.99. The van der Waals surface area contributed by atoms with Gasteiger partial charge in [-0.05, 0) is 31.9 Å². The Morgan fingerprint density at radius 2 is 2.12 bits per heavy atom. The van der Waals surface area contributed by atoms with Gasteiger partial charge in [0.05, 0.1) is 12.3 Å². The van der Waals surface area contributed by atoms with Gasteiger partial charge in [0.2, 0.25) is 5.91 Å². The van der Waals surface area contributed by atoms with Crippen LogP contribution in [-0.4, -0.2) is 34.8 Å². The first-order chi connectivity index (χ1) is 12.5. The number of benzene rings is 1. The Bertz CT molecular complexity index is 805. The number of ether oxygens (including phenoxy) is 1. The minimum absolute atomic E-state index is 0.122. The largest absolute Gasteiger partial charge is 0.491 e. The highest BCUT2D eigenvalue weighted by Crippen LogP contribution is 2.18. The zero-order valence-electron chi connectivity index (χ0n) is 15.4. The number of carbonyl (C=O) groups is 1. The molecule has 2 rings (SSSR count). The number of carbonyl (C=O) groups excluding carboxylic acids is 1. The van der Waals surface area contributed by atoms with Crippen molar-refractivity contribution in [3.63, 3.8) is 0 Å². The van der Waals surface area contributed by atoms with Crippen LogP contribution in [0.4, 0.5) is 0 Å². The van der Waals surface area contributed by atoms with Gasteiger partial charge in [-0.2, -0.15) is 0 Å². The van der Waals surface area contributed by atoms with Gasteiger partial charge in [0.1, 0.15) is 12.4 Å². The van der Waals surface area contributed by atoms with Crippen molar-refractivity contribution in [2.45, 2.75) is 38.8 Å². The number of nitrogens with zero attached hydrogens (tertiary/aromatic N) is 1. The number of nitrogens with one attached hydrogen (secondary N) is 2. The van der Waals surface area contributed by atoms with Gasteiger partial charge in [0, 0.05) is 11.8 Å². The van der Waals surface area contributed by atoms with E-state index >= 15 is 0 Å². The third kappa shape index (κ3) is 6.55. The van der Waals surface area contributed by atoms with Crippen molar-refractivity contribution in [1.29, 1.82) is 0 Å². The molecule has 26 heavy (non-hydrogen) atoms. The summed E-state index contributed by atoms with van der Waals surface area (Å²) >= 11 is 1.22. The predicted octanol–water partition coefficient (Wildman–Crippen LogP) is 2.63. The van der Waals surface area contributed by atoms with Crippen molar-refractivity contribution < 1.29 is 9.53 Å². The molecule has 0 aliphatic rings. The molecule has 140 valence electrons. The van der Waals surface area contributed by atoms with Gasteiger partial charge in [0.25, 0.3) is 5.56 Å². The SMILES string of the molecule is CCCc1cc(=O)[nH]c(SCC(=O)NCCOc2ccc(C)cc2C)n1. The summed E-state index contributed by atoms with van der Waals surface area (Å²) in [4.78, 5) is 30.5. The molecule has 1 heterocycles. The zero-order chi connectivity index (χ0) is 18.9. The van der Waals surface area contributed by atoms with Crippen molar-refractivity contribution in [3.8, 4) is 5.75 Å². The predicted molar refractivity (Wildman–Crippen MR) is 104 cm³/mol. The highest BCUT2D eigenvalue weighted by atomic mass is 32.2. The minimum Gasteiger partial charge on any atom is -0.491 e. The maximum Gasteiger partial charge on any atom is 0.251 e. The quantitative estimate of drug-likeness (QED) is 0.400. The topological polar surface area (TPSA) is 84.1 Å². The Kier molecular flexibility index (Phi) is 7.72. The first-order valence-corrected chi connectivity index (χ1v) is 9.66. The smallest absolute Gasteiger partial charge is 0.251 e. The van der Waals surface area contributed by atoms with Gasteiger partial charge in [0.15, 0.2) is 5.16 Å². The molecular formula is C19H25N3O3S. The number of amides is 1. The van der Waals surface area contributed by atoms with Crippen molar-refractivity contribution in [3.05, 3.63) is 51.4 Å². The summed E-state index contributed by atoms with van der Waals surface area (Å²) in [5, 5.41) is 3.28. The van der Waals surface area contributed by atoms with Crippen molar-refractivity contribution in [2.24, 2.45) is 0 Å². The first kappa shape index (κ1) is 20.0. The standard InChI is InChI=1S/C19H25N3O3S/c1-4-5-15-11-17(23)22-19(21-15)26-12-18(24)20-8-9-25-16-7-6-13(2)10-14(16)3/h6-7,10-11H,4-5,8-9,12H2,1-3H3,(H,20,24)(H,21,22,23). The van der Waals surface area contributed by atoms with E-state index in [0.717, 1.165) is 29.8 Å². The average molecular weight is 375 g/mol. The summed E-state index contributed by atoms with van der Waals surface area (Å²) < 4.78 is 5.68. The number of H-pyrrole nitrogens is 1. The molecule has 0 unspecified atom stereocenters. The van der Waals surface area contributed by atoms with E-state index in [1.807, 2.05) is 32.9 Å². The van der Waals surface area contributed by atoms with E-state index in [1.165, 1.54) is 23.4 Å². The van der Waals surface area contributed by atoms with Crippen LogP contribution in [0, 0.1) is 13.8 Å². The van der Waals surface area contributed by atoms with Crippen LogP contribution in [-0.2, 0) is 11.2 Å². The second-order valence-electron chi connectivity index (χ2n) is 6.05. The fourth-order valence-corrected chi connectivity index (χ4v) is 3.16. The fraction of sp³-hybridized carbons (Fsp3) is 0.421. The summed E-state index contributed by atoms with van der Waals surface area (Å²) in [5.41, 5.74) is 2.83. The number of hydrogen-bond acceptors (Lipinski definition) is 5. The Morgan fingerprint density at radius 1 is 1.31 bits per heavy atom. The molecule has 6 nitrogen and oxygen atoms in total. The first-order valence-electron chi connectivity index (χ1n) is 8.67. The van der Waals surface area contributed by atoms with E-state index in [9.17, 15) is 9.59 Å². The summed E-state index contributed by atoms with van der Waals surface area (Å²) in [6.45, 7) is 6.89. The molecule has 2 N–H and O–H groups in total. The van der Waals surface area contributed by atoms with Crippen LogP contribution >= 0.6 is 11.8 Å². The monoisotopic (exact) mass is 375 g/mol. The van der Waals surface area contributed by atoms with Gasteiger partial charge >= 0.3 is 0 Å². The molecule has 0 atom stereocenters. The summed E-state index contributed by atoms with van der Waals surface area (Å²) in [5.74, 6) is 0.902. The minimum atomic E-state index is -0.187. The fourth-order valence-electron chi connectivity index (χ4n) is 2.43. The van der Waals surface area contributed by atoms with Crippen molar-refractivity contribution >= 4 is 17.7 Å². The van der Waals surface area contributed by atoms with E-state index in [4.69, 9.17) is 4.74 Å². The molecule has 0 spiro atoms. The van der Waals surface area contributed by atoms with Crippen LogP contribution in [0.3, 0.4) is 0 Å². The van der Waals surface area contributed by atoms with E-state index < -0.39 is 0 Å². The van der Waals surface area contributed by atoms with Gasteiger partial charge in [-0.3, -0.25) is 9.59 Å². The Labute approximate surface area is 157 Å². The lowest BCUT2D eigenvalue weighted by Crippen LogP contribution is -2.29. The number of aromatic amines is 1. The summed E-state index contributed by atoms with van der Waals surface area (Å²) in [7, 11) is 0. The molecule has 1 aromatic carbocycles. The number of aromatic nitrogens is 2. The van der Waals surface area contributed by atoms with E-state index in [2.05, 4.69) is 21.4 Å². The van der Waals surface area contributed by atoms with Crippen LogP contribution in [0.15, 0.2) is 34.2 Å². The second kappa shape index (κ2) is 10.0. The van der Waals surface area contributed by atoms with E-state index in [0.29, 0.717) is 18.3 Å². The van der Waals surface area contributed by atoms with Gasteiger partial charge in [-0.1, -0.05) is 42.8 Å². The molecule has 1 amide bonds. The molecule has 7 heteroatoms. The molecule has 0 radical (unpaired) electrons. The van der Waals surface area contributed by atoms with Crippen molar-refractivity contribution in [1.82, 2.24) is 15.3 Å². The third-order valence-corrected chi connectivity index (χ3v) is 4.50. The molecule has 0 saturated heterocycles. The molecule has 1 aromatic heterocycles. The Balaban J connectivity index is 1.73. The Morgan fingerprint density at radius 3 is 2.85 bits per heavy atom. The molecule has 2 aromatic rings. The molecule has 0 bridgehead atoms. The van der Waals surface area contributed by atoms with Crippen LogP contribution in [0.2, 0.25) is 0 Å². The number of rotatable bonds is 9. The highest BCUT2D eigenvalue weighted by Gasteiger charge is 2.06. The lowest BCUT2D eigenvalue weighted by atomic mass is 10.1. The summed E-state index contributed by atoms with van der Waals surface area (Å²) in [6, 6.07) is 7.49. The molecule has 0 aliphatic carbocycles. The van der Waals surface area contributed by atoms with Crippen molar-refractivity contribution in [2.75, 3.05) is 18.9 Å². The molecule has 0 aliphatic heterocycles. The molecular weight excluding hydrogens is 350 g/mol. The number of hydrogen-bond donors (Lipinski definition) is 2. The lowest BCUT2D eigenvalue weighted by molar-refractivity contribution is -0.118. The number of thioether (sulfide) groups is 1. The van der Waals surface area contributed by atoms with E-state index in [1.54, 1.807) is 0 Å². The van der Waals surface area contributed by atoms with Gasteiger partial charge in [-0.15, -0.1) is 0 Å².